The SMILES string of the molecule is CC(C)(C)COC(=O)/C=C\C(=O)[O-].[K+]. The van der Waals surface area contributed by atoms with Crippen LogP contribution in [0.3, 0.4) is 0 Å². The summed E-state index contributed by atoms with van der Waals surface area (Å²) < 4.78 is 4.74. The number of carboxylic acids is 1. The summed E-state index contributed by atoms with van der Waals surface area (Å²) in [4.78, 5) is 20.7. The van der Waals surface area contributed by atoms with Gasteiger partial charge in [0.15, 0.2) is 0 Å². The van der Waals surface area contributed by atoms with Gasteiger partial charge in [0.05, 0.1) is 12.6 Å². The number of carbonyl (C=O) groups is 2. The van der Waals surface area contributed by atoms with Gasteiger partial charge in [-0.15, -0.1) is 0 Å². The van der Waals surface area contributed by atoms with E-state index >= 15 is 0 Å². The van der Waals surface area contributed by atoms with Gasteiger partial charge in [-0.1, -0.05) is 20.8 Å². The summed E-state index contributed by atoms with van der Waals surface area (Å²) in [5.74, 6) is -2.08. The van der Waals surface area contributed by atoms with Gasteiger partial charge in [0, 0.05) is 6.08 Å². The molecule has 0 bridgehead atoms. The van der Waals surface area contributed by atoms with Crippen molar-refractivity contribution in [3.8, 4) is 0 Å². The normalized spacial score (nSPS) is 10.8. The van der Waals surface area contributed by atoms with Crippen LogP contribution in [0.4, 0.5) is 0 Å². The Balaban J connectivity index is 0. The summed E-state index contributed by atoms with van der Waals surface area (Å²) in [6, 6.07) is 0. The van der Waals surface area contributed by atoms with E-state index in [4.69, 9.17) is 4.74 Å². The maximum atomic E-state index is 10.8. The van der Waals surface area contributed by atoms with Crippen molar-refractivity contribution in [2.24, 2.45) is 5.41 Å². The maximum Gasteiger partial charge on any atom is 1.00 e. The van der Waals surface area contributed by atoms with Gasteiger partial charge in [0.1, 0.15) is 0 Å². The second-order valence-electron chi connectivity index (χ2n) is 3.82. The van der Waals surface area contributed by atoms with Crippen LogP contribution in [0.5, 0.6) is 0 Å². The molecular weight excluding hydrogens is 211 g/mol. The molecule has 0 amide bonds. The molecule has 0 saturated heterocycles. The number of hydrogen-bond donors (Lipinski definition) is 0. The molecule has 0 aromatic rings. The smallest absolute Gasteiger partial charge is 0.545 e. The fourth-order valence-electron chi connectivity index (χ4n) is 0.472. The Morgan fingerprint density at radius 2 is 1.79 bits per heavy atom. The Morgan fingerprint density at radius 3 is 2.14 bits per heavy atom. The zero-order valence-electron chi connectivity index (χ0n) is 8.99. The number of esters is 1. The van der Waals surface area contributed by atoms with Gasteiger partial charge in [-0.2, -0.15) is 0 Å². The number of carbonyl (C=O) groups excluding carboxylic acids is 2. The topological polar surface area (TPSA) is 66.4 Å². The second kappa shape index (κ2) is 7.59. The zero-order valence-corrected chi connectivity index (χ0v) is 12.1. The first-order valence-corrected chi connectivity index (χ1v) is 3.87. The van der Waals surface area contributed by atoms with Crippen LogP contribution < -0.4 is 56.5 Å². The van der Waals surface area contributed by atoms with E-state index in [2.05, 4.69) is 0 Å². The van der Waals surface area contributed by atoms with Crippen LogP contribution in [0.2, 0.25) is 0 Å². The van der Waals surface area contributed by atoms with E-state index < -0.39 is 11.9 Å². The molecule has 0 aliphatic carbocycles. The summed E-state index contributed by atoms with van der Waals surface area (Å²) in [5.41, 5.74) is -0.120. The number of carboxylic acid groups (broad SMARTS) is 1. The summed E-state index contributed by atoms with van der Waals surface area (Å²) in [7, 11) is 0. The molecule has 0 rings (SSSR count). The minimum absolute atomic E-state index is 0. The summed E-state index contributed by atoms with van der Waals surface area (Å²) >= 11 is 0. The van der Waals surface area contributed by atoms with Crippen LogP contribution in [-0.2, 0) is 14.3 Å². The number of hydrogen-bond acceptors (Lipinski definition) is 4. The molecule has 0 saturated carbocycles. The molecule has 0 spiro atoms. The second-order valence-corrected chi connectivity index (χ2v) is 3.82. The minimum atomic E-state index is -1.41. The first kappa shape index (κ1) is 16.7. The molecule has 0 radical (unpaired) electrons. The standard InChI is InChI=1S/C9H14O4.K/c1-9(2,3)6-13-8(12)5-4-7(10)11;/h4-5H,6H2,1-3H3,(H,10,11);/q;+1/p-1/b5-4-;. The molecule has 0 aliphatic heterocycles. The van der Waals surface area contributed by atoms with Gasteiger partial charge in [-0.3, -0.25) is 0 Å². The van der Waals surface area contributed by atoms with Crippen LogP contribution in [0.15, 0.2) is 12.2 Å². The average molecular weight is 224 g/mol. The number of rotatable bonds is 3. The van der Waals surface area contributed by atoms with Crippen molar-refractivity contribution in [3.05, 3.63) is 12.2 Å². The fourth-order valence-corrected chi connectivity index (χ4v) is 0.472. The van der Waals surface area contributed by atoms with Crippen molar-refractivity contribution in [2.75, 3.05) is 6.61 Å². The largest absolute Gasteiger partial charge is 1.00 e. The van der Waals surface area contributed by atoms with E-state index in [0.29, 0.717) is 6.08 Å². The third-order valence-corrected chi connectivity index (χ3v) is 1.00. The number of aliphatic carboxylic acids is 1. The molecule has 0 aromatic heterocycles. The molecule has 0 aliphatic rings. The molecular formula is C9H13KO4. The average Bonchev–Trinajstić information content (AvgIpc) is 1.95. The predicted octanol–water partition coefficient (Wildman–Crippen LogP) is -3.11. The molecule has 14 heavy (non-hydrogen) atoms. The molecule has 0 aromatic carbocycles. The van der Waals surface area contributed by atoms with E-state index in [0.717, 1.165) is 6.08 Å². The Hall–Kier alpha value is 0.316. The molecule has 74 valence electrons. The Morgan fingerprint density at radius 1 is 1.29 bits per heavy atom. The van der Waals surface area contributed by atoms with Crippen molar-refractivity contribution in [1.29, 1.82) is 0 Å². The summed E-state index contributed by atoms with van der Waals surface area (Å²) in [5, 5.41) is 9.90. The molecule has 0 fully saturated rings. The quantitative estimate of drug-likeness (QED) is 0.289. The molecule has 0 heterocycles. The molecule has 5 heteroatoms. The van der Waals surface area contributed by atoms with E-state index in [1.165, 1.54) is 0 Å². The van der Waals surface area contributed by atoms with Crippen LogP contribution in [0, 0.1) is 5.41 Å². The van der Waals surface area contributed by atoms with E-state index in [1.807, 2.05) is 20.8 Å². The van der Waals surface area contributed by atoms with E-state index in [9.17, 15) is 14.7 Å². The minimum Gasteiger partial charge on any atom is -0.545 e. The molecule has 0 N–H and O–H groups in total. The van der Waals surface area contributed by atoms with Crippen LogP contribution in [-0.4, -0.2) is 18.5 Å². The van der Waals surface area contributed by atoms with Crippen LogP contribution in [0.1, 0.15) is 20.8 Å². The Labute approximate surface area is 126 Å². The van der Waals surface area contributed by atoms with Crippen LogP contribution in [0.25, 0.3) is 0 Å². The first-order valence-electron chi connectivity index (χ1n) is 3.87. The fraction of sp³-hybridized carbons (Fsp3) is 0.556. The molecule has 0 unspecified atom stereocenters. The van der Waals surface area contributed by atoms with E-state index in [-0.39, 0.29) is 63.4 Å². The van der Waals surface area contributed by atoms with Crippen molar-refractivity contribution >= 4 is 11.9 Å². The van der Waals surface area contributed by atoms with Crippen molar-refractivity contribution < 1.29 is 70.8 Å². The first-order chi connectivity index (χ1) is 5.81. The molecule has 0 atom stereocenters. The third-order valence-electron chi connectivity index (χ3n) is 1.00. The van der Waals surface area contributed by atoms with Crippen molar-refractivity contribution in [3.63, 3.8) is 0 Å². The van der Waals surface area contributed by atoms with Gasteiger partial charge in [-0.25, -0.2) is 4.79 Å². The molecule has 4 nitrogen and oxygen atoms in total. The summed E-state index contributed by atoms with van der Waals surface area (Å²) in [6.07, 6.45) is 1.48. The zero-order chi connectivity index (χ0) is 10.5. The Bertz CT molecular complexity index is 227. The van der Waals surface area contributed by atoms with E-state index in [1.54, 1.807) is 0 Å². The third kappa shape index (κ3) is 12.3. The van der Waals surface area contributed by atoms with Crippen LogP contribution >= 0.6 is 0 Å². The van der Waals surface area contributed by atoms with Crippen molar-refractivity contribution in [2.45, 2.75) is 20.8 Å². The van der Waals surface area contributed by atoms with Gasteiger partial charge < -0.3 is 14.6 Å². The monoisotopic (exact) mass is 224 g/mol. The predicted molar refractivity (Wildman–Crippen MR) is 44.6 cm³/mol. The van der Waals surface area contributed by atoms with Gasteiger partial charge in [0.25, 0.3) is 0 Å². The van der Waals surface area contributed by atoms with Gasteiger partial charge in [-0.05, 0) is 11.5 Å². The Kier molecular flexibility index (Phi) is 9.07. The maximum absolute atomic E-state index is 10.8. The van der Waals surface area contributed by atoms with Crippen molar-refractivity contribution in [1.82, 2.24) is 0 Å². The van der Waals surface area contributed by atoms with Gasteiger partial charge >= 0.3 is 57.4 Å². The summed E-state index contributed by atoms with van der Waals surface area (Å²) in [6.45, 7) is 5.97. The van der Waals surface area contributed by atoms with Gasteiger partial charge in [0.2, 0.25) is 0 Å². The number of ether oxygens (including phenoxy) is 1.